The summed E-state index contributed by atoms with van der Waals surface area (Å²) in [5, 5.41) is 9.40. The Morgan fingerprint density at radius 3 is 2.67 bits per heavy atom. The van der Waals surface area contributed by atoms with Crippen LogP contribution in [0.25, 0.3) is 11.3 Å². The maximum Gasteiger partial charge on any atom is 0.324 e. The third-order valence-electron chi connectivity index (χ3n) is 4.98. The van der Waals surface area contributed by atoms with Crippen LogP contribution in [0.15, 0.2) is 66.9 Å². The molecule has 5 nitrogen and oxygen atoms in total. The molecule has 0 aliphatic heterocycles. The molecule has 27 heavy (non-hydrogen) atoms. The molecule has 0 radical (unpaired) electrons. The molecule has 1 atom stereocenters. The van der Waals surface area contributed by atoms with Gasteiger partial charge in [0.1, 0.15) is 17.0 Å². The first-order valence-corrected chi connectivity index (χ1v) is 8.87. The molecule has 1 aliphatic carbocycles. The Morgan fingerprint density at radius 2 is 1.89 bits per heavy atom. The number of aliphatic carboxylic acids is 1. The molecule has 136 valence electrons. The average Bonchev–Trinajstić information content (AvgIpc) is 2.68. The maximum absolute atomic E-state index is 11.5. The zero-order chi connectivity index (χ0) is 18.9. The lowest BCUT2D eigenvalue weighted by Crippen LogP contribution is -2.52. The summed E-state index contributed by atoms with van der Waals surface area (Å²) in [4.78, 5) is 15.8. The standard InChI is InChI=1S/C22H20N2O3/c23-22(21(25)26)10-9-15-7-8-19(13-17(15)14-22)27-18-5-3-4-16(12-18)20-6-1-2-11-24-20/h1-8,11-13H,9-10,14,23H2,(H,25,26). The van der Waals surface area contributed by atoms with Crippen molar-refractivity contribution >= 4 is 5.97 Å². The van der Waals surface area contributed by atoms with Gasteiger partial charge in [-0.05, 0) is 60.4 Å². The Bertz CT molecular complexity index is 988. The molecule has 0 bridgehead atoms. The number of rotatable bonds is 4. The van der Waals surface area contributed by atoms with Gasteiger partial charge in [0.2, 0.25) is 0 Å². The van der Waals surface area contributed by atoms with E-state index >= 15 is 0 Å². The van der Waals surface area contributed by atoms with Crippen LogP contribution >= 0.6 is 0 Å². The highest BCUT2D eigenvalue weighted by Crippen LogP contribution is 2.32. The maximum atomic E-state index is 11.5. The third kappa shape index (κ3) is 3.55. The van der Waals surface area contributed by atoms with E-state index < -0.39 is 11.5 Å². The number of hydrogen-bond donors (Lipinski definition) is 2. The van der Waals surface area contributed by atoms with Crippen LogP contribution < -0.4 is 10.5 Å². The molecule has 5 heteroatoms. The number of aryl methyl sites for hydroxylation is 1. The fraction of sp³-hybridized carbons (Fsp3) is 0.182. The number of aromatic nitrogens is 1. The highest BCUT2D eigenvalue weighted by atomic mass is 16.5. The molecular weight excluding hydrogens is 340 g/mol. The van der Waals surface area contributed by atoms with E-state index in [0.717, 1.165) is 22.4 Å². The number of ether oxygens (including phenoxy) is 1. The topological polar surface area (TPSA) is 85.4 Å². The van der Waals surface area contributed by atoms with Crippen molar-refractivity contribution < 1.29 is 14.6 Å². The molecule has 3 aromatic rings. The van der Waals surface area contributed by atoms with Gasteiger partial charge < -0.3 is 15.6 Å². The van der Waals surface area contributed by atoms with Crippen molar-refractivity contribution in [2.75, 3.05) is 0 Å². The monoisotopic (exact) mass is 360 g/mol. The minimum absolute atomic E-state index is 0.308. The molecule has 1 heterocycles. The second-order valence-corrected chi connectivity index (χ2v) is 6.91. The molecule has 3 N–H and O–H groups in total. The average molecular weight is 360 g/mol. The van der Waals surface area contributed by atoms with E-state index in [1.807, 2.05) is 60.7 Å². The van der Waals surface area contributed by atoms with Gasteiger partial charge in [0, 0.05) is 18.2 Å². The van der Waals surface area contributed by atoms with Crippen LogP contribution in [0.2, 0.25) is 0 Å². The summed E-state index contributed by atoms with van der Waals surface area (Å²) in [6, 6.07) is 19.3. The van der Waals surface area contributed by atoms with Crippen LogP contribution in [-0.4, -0.2) is 21.6 Å². The summed E-state index contributed by atoms with van der Waals surface area (Å²) in [5.74, 6) is 0.412. The van der Waals surface area contributed by atoms with Gasteiger partial charge in [0.15, 0.2) is 0 Å². The first-order chi connectivity index (χ1) is 13.0. The highest BCUT2D eigenvalue weighted by Gasteiger charge is 2.37. The molecule has 4 rings (SSSR count). The number of nitrogens with zero attached hydrogens (tertiary/aromatic N) is 1. The molecule has 1 aromatic heterocycles. The van der Waals surface area contributed by atoms with Crippen LogP contribution in [0, 0.1) is 0 Å². The van der Waals surface area contributed by atoms with Crippen LogP contribution in [0.3, 0.4) is 0 Å². The van der Waals surface area contributed by atoms with Gasteiger partial charge in [-0.15, -0.1) is 0 Å². The van der Waals surface area contributed by atoms with Crippen molar-refractivity contribution in [3.05, 3.63) is 78.0 Å². The Balaban J connectivity index is 1.59. The van der Waals surface area contributed by atoms with Crippen molar-refractivity contribution in [1.29, 1.82) is 0 Å². The zero-order valence-electron chi connectivity index (χ0n) is 14.8. The minimum atomic E-state index is -1.20. The lowest BCUT2D eigenvalue weighted by Gasteiger charge is -2.31. The molecule has 2 aromatic carbocycles. The summed E-state index contributed by atoms with van der Waals surface area (Å²) < 4.78 is 6.02. The summed E-state index contributed by atoms with van der Waals surface area (Å²) in [6.45, 7) is 0. The molecule has 1 aliphatic rings. The Kier molecular flexibility index (Phi) is 4.38. The molecule has 0 saturated heterocycles. The summed E-state index contributed by atoms with van der Waals surface area (Å²) in [6.07, 6.45) is 3.17. The number of hydrogen-bond acceptors (Lipinski definition) is 4. The Morgan fingerprint density at radius 1 is 1.04 bits per heavy atom. The zero-order valence-corrected chi connectivity index (χ0v) is 14.8. The van der Waals surface area contributed by atoms with Crippen molar-refractivity contribution in [2.24, 2.45) is 5.73 Å². The van der Waals surface area contributed by atoms with Crippen LogP contribution in [0.1, 0.15) is 17.5 Å². The number of nitrogens with two attached hydrogens (primary N) is 1. The number of pyridine rings is 1. The number of fused-ring (bicyclic) bond motifs is 1. The second-order valence-electron chi connectivity index (χ2n) is 6.91. The third-order valence-corrected chi connectivity index (χ3v) is 4.98. The van der Waals surface area contributed by atoms with E-state index in [0.29, 0.717) is 30.8 Å². The highest BCUT2D eigenvalue weighted by molar-refractivity contribution is 5.79. The van der Waals surface area contributed by atoms with Crippen LogP contribution in [-0.2, 0) is 17.6 Å². The van der Waals surface area contributed by atoms with E-state index in [1.165, 1.54) is 0 Å². The van der Waals surface area contributed by atoms with Crippen molar-refractivity contribution in [3.8, 4) is 22.8 Å². The number of carboxylic acid groups (broad SMARTS) is 1. The number of carboxylic acids is 1. The van der Waals surface area contributed by atoms with E-state index in [4.69, 9.17) is 10.5 Å². The number of benzene rings is 2. The van der Waals surface area contributed by atoms with Gasteiger partial charge in [-0.25, -0.2) is 0 Å². The second kappa shape index (κ2) is 6.85. The van der Waals surface area contributed by atoms with Gasteiger partial charge >= 0.3 is 5.97 Å². The van der Waals surface area contributed by atoms with Crippen molar-refractivity contribution in [3.63, 3.8) is 0 Å². The molecule has 0 saturated carbocycles. The summed E-state index contributed by atoms with van der Waals surface area (Å²) >= 11 is 0. The first kappa shape index (κ1) is 17.2. The quantitative estimate of drug-likeness (QED) is 0.739. The van der Waals surface area contributed by atoms with E-state index in [9.17, 15) is 9.90 Å². The van der Waals surface area contributed by atoms with Gasteiger partial charge in [-0.3, -0.25) is 9.78 Å². The largest absolute Gasteiger partial charge is 0.480 e. The molecular formula is C22H20N2O3. The van der Waals surface area contributed by atoms with Gasteiger partial charge in [-0.1, -0.05) is 24.3 Å². The summed E-state index contributed by atoms with van der Waals surface area (Å²) in [7, 11) is 0. The van der Waals surface area contributed by atoms with E-state index in [1.54, 1.807) is 6.20 Å². The van der Waals surface area contributed by atoms with Crippen molar-refractivity contribution in [2.45, 2.75) is 24.8 Å². The van der Waals surface area contributed by atoms with Crippen LogP contribution in [0.5, 0.6) is 11.5 Å². The smallest absolute Gasteiger partial charge is 0.324 e. The van der Waals surface area contributed by atoms with Gasteiger partial charge in [0.05, 0.1) is 5.69 Å². The van der Waals surface area contributed by atoms with Gasteiger partial charge in [-0.2, -0.15) is 0 Å². The number of carbonyl (C=O) groups is 1. The molecule has 0 amide bonds. The Labute approximate surface area is 157 Å². The lowest BCUT2D eigenvalue weighted by molar-refractivity contribution is -0.143. The predicted octanol–water partition coefficient (Wildman–Crippen LogP) is 3.81. The first-order valence-electron chi connectivity index (χ1n) is 8.87. The summed E-state index contributed by atoms with van der Waals surface area (Å²) in [5.41, 5.74) is 8.77. The van der Waals surface area contributed by atoms with Gasteiger partial charge in [0.25, 0.3) is 0 Å². The predicted molar refractivity (Wildman–Crippen MR) is 103 cm³/mol. The van der Waals surface area contributed by atoms with E-state index in [2.05, 4.69) is 4.98 Å². The van der Waals surface area contributed by atoms with Crippen molar-refractivity contribution in [1.82, 2.24) is 4.98 Å². The van der Waals surface area contributed by atoms with E-state index in [-0.39, 0.29) is 0 Å². The van der Waals surface area contributed by atoms with Crippen LogP contribution in [0.4, 0.5) is 0 Å². The fourth-order valence-electron chi connectivity index (χ4n) is 3.43. The minimum Gasteiger partial charge on any atom is -0.480 e. The fourth-order valence-corrected chi connectivity index (χ4v) is 3.43. The molecule has 0 fully saturated rings. The molecule has 1 unspecified atom stereocenters. The Hall–Kier alpha value is -3.18. The SMILES string of the molecule is NC1(C(=O)O)CCc2ccc(Oc3cccc(-c4ccccn4)c3)cc2C1. The molecule has 0 spiro atoms. The lowest BCUT2D eigenvalue weighted by atomic mass is 9.78. The normalized spacial score (nSPS) is 18.6.